The third kappa shape index (κ3) is 1.94. The van der Waals surface area contributed by atoms with E-state index in [0.717, 1.165) is 6.07 Å². The average molecular weight is 189 g/mol. The van der Waals surface area contributed by atoms with E-state index in [1.54, 1.807) is 6.92 Å². The predicted octanol–water partition coefficient (Wildman–Crippen LogP) is 2.82. The molecular weight excluding hydrogens is 181 g/mol. The lowest BCUT2D eigenvalue weighted by atomic mass is 10.1. The van der Waals surface area contributed by atoms with Crippen molar-refractivity contribution in [2.75, 3.05) is 7.11 Å². The molecule has 0 unspecified atom stereocenters. The van der Waals surface area contributed by atoms with E-state index in [-0.39, 0.29) is 5.75 Å². The minimum atomic E-state index is -4.38. The topological polar surface area (TPSA) is 9.23 Å². The van der Waals surface area contributed by atoms with Crippen LogP contribution in [0.5, 0.6) is 5.75 Å². The summed E-state index contributed by atoms with van der Waals surface area (Å²) in [6.45, 7) is 1.55. The summed E-state index contributed by atoms with van der Waals surface area (Å²) in [6, 6.07) is 4.74. The summed E-state index contributed by atoms with van der Waals surface area (Å²) in [6.07, 6.45) is -4.38. The molecule has 13 heavy (non-hydrogen) atoms. The minimum absolute atomic E-state index is 0.133. The molecule has 0 amide bonds. The summed E-state index contributed by atoms with van der Waals surface area (Å²) in [7, 11) is 1.22. The first-order valence-electron chi connectivity index (χ1n) is 3.58. The zero-order valence-electron chi connectivity index (χ0n) is 7.20. The number of hydrogen-bond acceptors (Lipinski definition) is 1. The number of hydrogen-bond donors (Lipinski definition) is 0. The van der Waals surface area contributed by atoms with Crippen molar-refractivity contribution in [1.29, 1.82) is 0 Å². The third-order valence-electron chi connectivity index (χ3n) is 1.64. The molecule has 4 heteroatoms. The summed E-state index contributed by atoms with van der Waals surface area (Å²) in [5.41, 5.74) is -0.354. The molecule has 0 bridgehead atoms. The van der Waals surface area contributed by atoms with E-state index in [9.17, 15) is 13.2 Å². The Morgan fingerprint density at radius 2 is 1.92 bits per heavy atom. The predicted molar refractivity (Wildman–Crippen MR) is 41.6 cm³/mol. The monoisotopic (exact) mass is 189 g/mol. The molecule has 1 radical (unpaired) electrons. The Bertz CT molecular complexity index is 304. The van der Waals surface area contributed by atoms with Crippen molar-refractivity contribution in [1.82, 2.24) is 0 Å². The van der Waals surface area contributed by atoms with Crippen LogP contribution in [-0.4, -0.2) is 7.11 Å². The second-order valence-electron chi connectivity index (χ2n) is 2.58. The van der Waals surface area contributed by atoms with Gasteiger partial charge < -0.3 is 4.74 Å². The average Bonchev–Trinajstić information content (AvgIpc) is 2.02. The van der Waals surface area contributed by atoms with Crippen LogP contribution in [-0.2, 0) is 6.18 Å². The van der Waals surface area contributed by atoms with Crippen molar-refractivity contribution in [2.24, 2.45) is 0 Å². The van der Waals surface area contributed by atoms with Crippen LogP contribution in [0.25, 0.3) is 0 Å². The molecule has 0 aliphatic heterocycles. The van der Waals surface area contributed by atoms with Crippen molar-refractivity contribution in [3.63, 3.8) is 0 Å². The van der Waals surface area contributed by atoms with E-state index in [1.165, 1.54) is 13.2 Å². The molecule has 1 nitrogen and oxygen atoms in total. The smallest absolute Gasteiger partial charge is 0.419 e. The fourth-order valence-corrected chi connectivity index (χ4v) is 1.08. The molecule has 0 spiro atoms. The van der Waals surface area contributed by atoms with Crippen molar-refractivity contribution in [3.05, 3.63) is 29.3 Å². The SMILES string of the molecule is COc1c(C)c[c]cc1C(F)(F)F. The molecule has 1 aromatic carbocycles. The van der Waals surface area contributed by atoms with Gasteiger partial charge in [-0.05, 0) is 30.7 Å². The van der Waals surface area contributed by atoms with Crippen LogP contribution in [0.2, 0.25) is 0 Å². The van der Waals surface area contributed by atoms with Crippen molar-refractivity contribution in [3.8, 4) is 5.75 Å². The molecule has 1 rings (SSSR count). The van der Waals surface area contributed by atoms with Gasteiger partial charge >= 0.3 is 6.18 Å². The Labute approximate surface area is 74.1 Å². The Kier molecular flexibility index (Phi) is 2.50. The van der Waals surface area contributed by atoms with Crippen molar-refractivity contribution >= 4 is 0 Å². The fourth-order valence-electron chi connectivity index (χ4n) is 1.08. The minimum Gasteiger partial charge on any atom is -0.496 e. The van der Waals surface area contributed by atoms with Crippen LogP contribution in [0.1, 0.15) is 11.1 Å². The number of halogens is 3. The van der Waals surface area contributed by atoms with Crippen LogP contribution in [0.15, 0.2) is 12.1 Å². The van der Waals surface area contributed by atoms with Crippen LogP contribution < -0.4 is 4.74 Å². The van der Waals surface area contributed by atoms with E-state index in [0.29, 0.717) is 5.56 Å². The maximum Gasteiger partial charge on any atom is 0.419 e. The van der Waals surface area contributed by atoms with Gasteiger partial charge in [-0.3, -0.25) is 0 Å². The molecule has 0 aliphatic rings. The van der Waals surface area contributed by atoms with E-state index in [4.69, 9.17) is 0 Å². The maximum absolute atomic E-state index is 12.3. The van der Waals surface area contributed by atoms with Gasteiger partial charge in [0.1, 0.15) is 5.75 Å². The Hall–Kier alpha value is -1.19. The summed E-state index contributed by atoms with van der Waals surface area (Å²) < 4.78 is 41.6. The highest BCUT2D eigenvalue weighted by atomic mass is 19.4. The molecule has 71 valence electrons. The third-order valence-corrected chi connectivity index (χ3v) is 1.64. The van der Waals surface area contributed by atoms with Crippen LogP contribution >= 0.6 is 0 Å². The maximum atomic E-state index is 12.3. The van der Waals surface area contributed by atoms with Gasteiger partial charge in [-0.2, -0.15) is 13.2 Å². The standard InChI is InChI=1S/C9H8F3O/c1-6-4-3-5-7(8(6)13-2)9(10,11)12/h4-5H,1-2H3. The number of benzene rings is 1. The number of methoxy groups -OCH3 is 1. The number of ether oxygens (including phenoxy) is 1. The number of alkyl halides is 3. The Balaban J connectivity index is 3.29. The molecular formula is C9H8F3O. The van der Waals surface area contributed by atoms with Crippen molar-refractivity contribution < 1.29 is 17.9 Å². The highest BCUT2D eigenvalue weighted by molar-refractivity contribution is 5.41. The lowest BCUT2D eigenvalue weighted by molar-refractivity contribution is -0.138. The molecule has 0 heterocycles. The molecule has 0 aliphatic carbocycles. The van der Waals surface area contributed by atoms with Gasteiger partial charge in [-0.25, -0.2) is 0 Å². The van der Waals surface area contributed by atoms with Crippen LogP contribution in [0.3, 0.4) is 0 Å². The van der Waals surface area contributed by atoms with E-state index >= 15 is 0 Å². The molecule has 0 N–H and O–H groups in total. The van der Waals surface area contributed by atoms with E-state index in [2.05, 4.69) is 10.8 Å². The normalized spacial score (nSPS) is 11.5. The first-order chi connectivity index (χ1) is 5.96. The lowest BCUT2D eigenvalue weighted by Crippen LogP contribution is -2.08. The van der Waals surface area contributed by atoms with E-state index < -0.39 is 11.7 Å². The molecule has 0 saturated carbocycles. The highest BCUT2D eigenvalue weighted by Gasteiger charge is 2.34. The Morgan fingerprint density at radius 1 is 1.31 bits per heavy atom. The quantitative estimate of drug-likeness (QED) is 0.660. The first-order valence-corrected chi connectivity index (χ1v) is 3.58. The molecule has 0 fully saturated rings. The summed E-state index contributed by atoms with van der Waals surface area (Å²) >= 11 is 0. The second-order valence-corrected chi connectivity index (χ2v) is 2.58. The molecule has 0 saturated heterocycles. The largest absolute Gasteiger partial charge is 0.496 e. The number of rotatable bonds is 1. The van der Waals surface area contributed by atoms with Gasteiger partial charge in [-0.1, -0.05) is 0 Å². The first kappa shape index (κ1) is 9.89. The van der Waals surface area contributed by atoms with Crippen LogP contribution in [0.4, 0.5) is 13.2 Å². The summed E-state index contributed by atoms with van der Waals surface area (Å²) in [5.74, 6) is -0.133. The van der Waals surface area contributed by atoms with E-state index in [1.807, 2.05) is 0 Å². The lowest BCUT2D eigenvalue weighted by Gasteiger charge is -2.12. The highest BCUT2D eigenvalue weighted by Crippen LogP contribution is 2.37. The second kappa shape index (κ2) is 3.28. The number of aryl methyl sites for hydroxylation is 1. The van der Waals surface area contributed by atoms with Gasteiger partial charge in [0.05, 0.1) is 12.7 Å². The summed E-state index contributed by atoms with van der Waals surface area (Å²) in [4.78, 5) is 0. The van der Waals surface area contributed by atoms with Gasteiger partial charge in [0.2, 0.25) is 0 Å². The van der Waals surface area contributed by atoms with Crippen LogP contribution in [0, 0.1) is 13.0 Å². The van der Waals surface area contributed by atoms with Gasteiger partial charge in [0.25, 0.3) is 0 Å². The zero-order chi connectivity index (χ0) is 10.1. The van der Waals surface area contributed by atoms with Crippen molar-refractivity contribution in [2.45, 2.75) is 13.1 Å². The molecule has 0 atom stereocenters. The van der Waals surface area contributed by atoms with Gasteiger partial charge in [0.15, 0.2) is 0 Å². The molecule has 0 aromatic heterocycles. The van der Waals surface area contributed by atoms with Gasteiger partial charge in [-0.15, -0.1) is 0 Å². The fraction of sp³-hybridized carbons (Fsp3) is 0.333. The zero-order valence-corrected chi connectivity index (χ0v) is 7.20. The molecule has 1 aromatic rings. The summed E-state index contributed by atoms with van der Waals surface area (Å²) in [5, 5.41) is 0. The Morgan fingerprint density at radius 3 is 2.31 bits per heavy atom. The van der Waals surface area contributed by atoms with Gasteiger partial charge in [0, 0.05) is 0 Å².